The minimum atomic E-state index is 0.334. The molecule has 140 valence electrons. The van der Waals surface area contributed by atoms with E-state index in [0.29, 0.717) is 23.7 Å². The van der Waals surface area contributed by atoms with E-state index >= 15 is 0 Å². The van der Waals surface area contributed by atoms with E-state index in [1.165, 1.54) is 0 Å². The maximum Gasteiger partial charge on any atom is 0.230 e. The molecule has 0 bridgehead atoms. The molecule has 1 fully saturated rings. The number of aromatic nitrogens is 3. The average molecular weight is 367 g/mol. The molecule has 1 aromatic carbocycles. The molecule has 8 nitrogen and oxygen atoms in total. The molecule has 0 atom stereocenters. The Balaban J connectivity index is 1.43. The van der Waals surface area contributed by atoms with Gasteiger partial charge >= 0.3 is 0 Å². The van der Waals surface area contributed by atoms with Crippen LogP contribution in [0.15, 0.2) is 47.1 Å². The van der Waals surface area contributed by atoms with Crippen molar-refractivity contribution in [1.29, 1.82) is 0 Å². The molecule has 0 aliphatic carbocycles. The summed E-state index contributed by atoms with van der Waals surface area (Å²) in [7, 11) is 1.64. The third-order valence-electron chi connectivity index (χ3n) is 4.36. The first kappa shape index (κ1) is 17.3. The van der Waals surface area contributed by atoms with Crippen molar-refractivity contribution in [1.82, 2.24) is 15.1 Å². The first-order valence-corrected chi connectivity index (χ1v) is 8.85. The van der Waals surface area contributed by atoms with Gasteiger partial charge in [0.05, 0.1) is 7.11 Å². The number of anilines is 3. The summed E-state index contributed by atoms with van der Waals surface area (Å²) in [6, 6.07) is 11.6. The Morgan fingerprint density at radius 1 is 1.11 bits per heavy atom. The molecule has 2 N–H and O–H groups in total. The van der Waals surface area contributed by atoms with E-state index in [-0.39, 0.29) is 0 Å². The highest BCUT2D eigenvalue weighted by atomic mass is 16.5. The maximum atomic E-state index is 5.38. The van der Waals surface area contributed by atoms with Gasteiger partial charge < -0.3 is 24.6 Å². The van der Waals surface area contributed by atoms with E-state index in [0.717, 1.165) is 43.1 Å². The van der Waals surface area contributed by atoms with Crippen LogP contribution in [-0.4, -0.2) is 41.5 Å². The number of hydrogen-bond donors (Lipinski definition) is 2. The summed E-state index contributed by atoms with van der Waals surface area (Å²) in [4.78, 5) is 8.77. The molecule has 3 aromatic rings. The lowest BCUT2D eigenvalue weighted by Crippen LogP contribution is -2.28. The van der Waals surface area contributed by atoms with Gasteiger partial charge in [0, 0.05) is 37.1 Å². The van der Waals surface area contributed by atoms with Crippen LogP contribution < -0.4 is 15.4 Å². The van der Waals surface area contributed by atoms with Gasteiger partial charge in [-0.3, -0.25) is 0 Å². The standard InChI is InChI=1S/C19H21N5O3/c1-25-15-4-2-13(3-5-15)16-12-18(27-24-16)22-17-6-9-20-19(23-17)21-14-7-10-26-11-8-14/h2-6,9,12,14H,7-8,10-11H2,1H3,(H2,20,21,22,23). The predicted molar refractivity (Wildman–Crippen MR) is 101 cm³/mol. The maximum absolute atomic E-state index is 5.38. The zero-order valence-electron chi connectivity index (χ0n) is 15.0. The van der Waals surface area contributed by atoms with Gasteiger partial charge in [-0.2, -0.15) is 4.98 Å². The molecule has 27 heavy (non-hydrogen) atoms. The van der Waals surface area contributed by atoms with Crippen molar-refractivity contribution < 1.29 is 14.0 Å². The second kappa shape index (κ2) is 8.05. The van der Waals surface area contributed by atoms with Crippen molar-refractivity contribution in [3.05, 3.63) is 42.6 Å². The smallest absolute Gasteiger partial charge is 0.230 e. The van der Waals surface area contributed by atoms with Crippen molar-refractivity contribution in [2.75, 3.05) is 31.0 Å². The molecule has 4 rings (SSSR count). The molecule has 2 aromatic heterocycles. The quantitative estimate of drug-likeness (QED) is 0.684. The Hall–Kier alpha value is -3.13. The molecule has 1 saturated heterocycles. The van der Waals surface area contributed by atoms with Gasteiger partial charge in [-0.25, -0.2) is 4.98 Å². The van der Waals surface area contributed by atoms with E-state index in [4.69, 9.17) is 14.0 Å². The van der Waals surface area contributed by atoms with Crippen molar-refractivity contribution in [2.45, 2.75) is 18.9 Å². The third kappa shape index (κ3) is 4.35. The number of hydrogen-bond acceptors (Lipinski definition) is 8. The molecule has 1 aliphatic heterocycles. The van der Waals surface area contributed by atoms with Gasteiger partial charge in [-0.15, -0.1) is 0 Å². The van der Waals surface area contributed by atoms with Crippen LogP contribution in [0.1, 0.15) is 12.8 Å². The lowest BCUT2D eigenvalue weighted by Gasteiger charge is -2.23. The van der Waals surface area contributed by atoms with Crippen molar-refractivity contribution in [2.24, 2.45) is 0 Å². The van der Waals surface area contributed by atoms with Crippen molar-refractivity contribution in [3.63, 3.8) is 0 Å². The summed E-state index contributed by atoms with van der Waals surface area (Å²) < 4.78 is 15.9. The third-order valence-corrected chi connectivity index (χ3v) is 4.36. The lowest BCUT2D eigenvalue weighted by molar-refractivity contribution is 0.0903. The first-order valence-electron chi connectivity index (χ1n) is 8.85. The normalized spacial score (nSPS) is 14.7. The Morgan fingerprint density at radius 3 is 2.70 bits per heavy atom. The van der Waals surface area contributed by atoms with E-state index in [9.17, 15) is 0 Å². The second-order valence-electron chi connectivity index (χ2n) is 6.23. The SMILES string of the molecule is COc1ccc(-c2cc(Nc3ccnc(NC4CCOCC4)n3)on2)cc1. The van der Waals surface area contributed by atoms with Crippen LogP contribution in [0.3, 0.4) is 0 Å². The van der Waals surface area contributed by atoms with E-state index in [1.54, 1.807) is 19.4 Å². The monoisotopic (exact) mass is 367 g/mol. The predicted octanol–water partition coefficient (Wildman–Crippen LogP) is 3.47. The van der Waals surface area contributed by atoms with Crippen molar-refractivity contribution in [3.8, 4) is 17.0 Å². The van der Waals surface area contributed by atoms with Crippen LogP contribution >= 0.6 is 0 Å². The number of nitrogens with one attached hydrogen (secondary N) is 2. The molecule has 8 heteroatoms. The van der Waals surface area contributed by atoms with Gasteiger partial charge in [-0.05, 0) is 43.2 Å². The highest BCUT2D eigenvalue weighted by Gasteiger charge is 2.15. The Morgan fingerprint density at radius 2 is 1.93 bits per heavy atom. The summed E-state index contributed by atoms with van der Waals surface area (Å²) in [5.41, 5.74) is 1.67. The largest absolute Gasteiger partial charge is 0.497 e. The highest BCUT2D eigenvalue weighted by molar-refractivity contribution is 5.64. The molecular weight excluding hydrogens is 346 g/mol. The van der Waals surface area contributed by atoms with E-state index in [2.05, 4.69) is 25.8 Å². The lowest BCUT2D eigenvalue weighted by atomic mass is 10.1. The molecule has 0 saturated carbocycles. The fourth-order valence-electron chi connectivity index (χ4n) is 2.88. The number of benzene rings is 1. The minimum Gasteiger partial charge on any atom is -0.497 e. The molecule has 0 spiro atoms. The summed E-state index contributed by atoms with van der Waals surface area (Å²) >= 11 is 0. The Bertz CT molecular complexity index is 875. The van der Waals surface area contributed by atoms with Gasteiger partial charge in [0.25, 0.3) is 0 Å². The van der Waals surface area contributed by atoms with Gasteiger partial charge in [0.1, 0.15) is 17.3 Å². The number of methoxy groups -OCH3 is 1. The van der Waals surface area contributed by atoms with Crippen LogP contribution in [0.5, 0.6) is 5.75 Å². The molecule has 0 amide bonds. The van der Waals surface area contributed by atoms with Gasteiger partial charge in [-0.1, -0.05) is 5.16 Å². The Labute approximate surface area is 156 Å². The van der Waals surface area contributed by atoms with Crippen molar-refractivity contribution >= 4 is 17.7 Å². The molecule has 1 aliphatic rings. The second-order valence-corrected chi connectivity index (χ2v) is 6.23. The molecule has 0 radical (unpaired) electrons. The Kier molecular flexibility index (Phi) is 5.15. The summed E-state index contributed by atoms with van der Waals surface area (Å²) in [5.74, 6) is 2.53. The number of rotatable bonds is 6. The topological polar surface area (TPSA) is 94.3 Å². The van der Waals surface area contributed by atoms with E-state index < -0.39 is 0 Å². The van der Waals surface area contributed by atoms with Crippen LogP contribution in [-0.2, 0) is 4.74 Å². The van der Waals surface area contributed by atoms with Crippen LogP contribution in [0.2, 0.25) is 0 Å². The van der Waals surface area contributed by atoms with E-state index in [1.807, 2.05) is 30.3 Å². The van der Waals surface area contributed by atoms with Crippen LogP contribution in [0.25, 0.3) is 11.3 Å². The molecular formula is C19H21N5O3. The minimum absolute atomic E-state index is 0.334. The summed E-state index contributed by atoms with van der Waals surface area (Å²) in [5, 5.41) is 10.6. The number of nitrogens with zero attached hydrogens (tertiary/aromatic N) is 3. The number of ether oxygens (including phenoxy) is 2. The van der Waals surface area contributed by atoms with Crippen LogP contribution in [0.4, 0.5) is 17.7 Å². The highest BCUT2D eigenvalue weighted by Crippen LogP contribution is 2.25. The molecule has 3 heterocycles. The molecule has 0 unspecified atom stereocenters. The summed E-state index contributed by atoms with van der Waals surface area (Å²) in [6.07, 6.45) is 3.61. The first-order chi connectivity index (χ1) is 13.3. The fraction of sp³-hybridized carbons (Fsp3) is 0.316. The van der Waals surface area contributed by atoms with Crippen LogP contribution in [0, 0.1) is 0 Å². The fourth-order valence-corrected chi connectivity index (χ4v) is 2.88. The average Bonchev–Trinajstić information content (AvgIpc) is 3.17. The zero-order valence-corrected chi connectivity index (χ0v) is 15.0. The van der Waals surface area contributed by atoms with Gasteiger partial charge in [0.15, 0.2) is 0 Å². The van der Waals surface area contributed by atoms with Gasteiger partial charge in [0.2, 0.25) is 11.8 Å². The summed E-state index contributed by atoms with van der Waals surface area (Å²) in [6.45, 7) is 1.53. The zero-order chi connectivity index (χ0) is 18.5.